The summed E-state index contributed by atoms with van der Waals surface area (Å²) in [6.07, 6.45) is 0. The van der Waals surface area contributed by atoms with Crippen molar-refractivity contribution in [2.75, 3.05) is 19.5 Å². The number of carbonyl (C=O) groups is 1. The Morgan fingerprint density at radius 2 is 1.66 bits per heavy atom. The van der Waals surface area contributed by atoms with E-state index in [1.165, 1.54) is 42.7 Å². The van der Waals surface area contributed by atoms with Crippen LogP contribution in [0.2, 0.25) is 10.0 Å². The van der Waals surface area contributed by atoms with Crippen LogP contribution < -0.4 is 10.1 Å². The van der Waals surface area contributed by atoms with Gasteiger partial charge in [0.05, 0.1) is 12.0 Å². The molecule has 0 heterocycles. The van der Waals surface area contributed by atoms with E-state index in [0.29, 0.717) is 32.6 Å². The molecule has 1 amide bonds. The van der Waals surface area contributed by atoms with Crippen LogP contribution in [0.1, 0.15) is 21.5 Å². The molecule has 0 aliphatic rings. The van der Waals surface area contributed by atoms with Crippen LogP contribution in [-0.2, 0) is 16.6 Å². The van der Waals surface area contributed by atoms with Crippen LogP contribution in [0.4, 0.5) is 5.69 Å². The number of sulfonamides is 1. The maximum absolute atomic E-state index is 12.9. The fraction of sp³-hybridized carbons (Fsp3) is 0.174. The van der Waals surface area contributed by atoms with Crippen molar-refractivity contribution in [2.45, 2.75) is 18.4 Å². The fourth-order valence-electron chi connectivity index (χ4n) is 3.08. The van der Waals surface area contributed by atoms with Crippen LogP contribution in [0, 0.1) is 6.92 Å². The average Bonchev–Trinajstić information content (AvgIpc) is 2.76. The largest absolute Gasteiger partial charge is 0.496 e. The van der Waals surface area contributed by atoms with Gasteiger partial charge in [-0.3, -0.25) is 4.79 Å². The number of aryl methyl sites for hydroxylation is 1. The van der Waals surface area contributed by atoms with E-state index in [-0.39, 0.29) is 17.3 Å². The predicted molar refractivity (Wildman–Crippen MR) is 127 cm³/mol. The van der Waals surface area contributed by atoms with Crippen molar-refractivity contribution in [3.8, 4) is 5.75 Å². The summed E-state index contributed by atoms with van der Waals surface area (Å²) in [5, 5.41) is 3.79. The molecule has 32 heavy (non-hydrogen) atoms. The lowest BCUT2D eigenvalue weighted by Crippen LogP contribution is -2.27. The molecule has 168 valence electrons. The van der Waals surface area contributed by atoms with Crippen molar-refractivity contribution in [2.24, 2.45) is 0 Å². The van der Waals surface area contributed by atoms with Gasteiger partial charge in [-0.25, -0.2) is 8.42 Å². The van der Waals surface area contributed by atoms with Gasteiger partial charge in [-0.05, 0) is 67.1 Å². The summed E-state index contributed by atoms with van der Waals surface area (Å²) in [7, 11) is -0.816. The van der Waals surface area contributed by atoms with Crippen LogP contribution in [-0.4, -0.2) is 32.8 Å². The average molecular weight is 493 g/mol. The first kappa shape index (κ1) is 24.1. The quantitative estimate of drug-likeness (QED) is 0.479. The van der Waals surface area contributed by atoms with Crippen LogP contribution in [0.25, 0.3) is 0 Å². The molecule has 0 bridgehead atoms. The van der Waals surface area contributed by atoms with E-state index >= 15 is 0 Å². The lowest BCUT2D eigenvalue weighted by Gasteiger charge is -2.19. The Bertz CT molecular complexity index is 1250. The van der Waals surface area contributed by atoms with Gasteiger partial charge in [0.15, 0.2) is 0 Å². The van der Waals surface area contributed by atoms with Gasteiger partial charge in [-0.15, -0.1) is 0 Å². The van der Waals surface area contributed by atoms with Crippen LogP contribution in [0.5, 0.6) is 5.75 Å². The molecule has 3 rings (SSSR count). The molecule has 0 radical (unpaired) electrons. The van der Waals surface area contributed by atoms with Gasteiger partial charge in [-0.2, -0.15) is 4.31 Å². The van der Waals surface area contributed by atoms with Crippen molar-refractivity contribution >= 4 is 44.8 Å². The SMILES string of the molecule is COc1ccc(C(=O)Nc2cc(Cl)ccc2C)cc1CN(C)S(=O)(=O)c1ccc(Cl)cc1. The molecule has 0 spiro atoms. The molecule has 0 saturated heterocycles. The molecular weight excluding hydrogens is 471 g/mol. The molecule has 3 aromatic carbocycles. The maximum Gasteiger partial charge on any atom is 0.255 e. The van der Waals surface area contributed by atoms with E-state index < -0.39 is 10.0 Å². The van der Waals surface area contributed by atoms with E-state index in [2.05, 4.69) is 5.32 Å². The van der Waals surface area contributed by atoms with Crippen LogP contribution >= 0.6 is 23.2 Å². The molecule has 9 heteroatoms. The molecule has 0 atom stereocenters. The summed E-state index contributed by atoms with van der Waals surface area (Å²) in [5.74, 6) is 0.126. The predicted octanol–water partition coefficient (Wildman–Crippen LogP) is 5.38. The highest BCUT2D eigenvalue weighted by Crippen LogP contribution is 2.26. The zero-order valence-electron chi connectivity index (χ0n) is 17.7. The van der Waals surface area contributed by atoms with Gasteiger partial charge in [0, 0.05) is 40.5 Å². The van der Waals surface area contributed by atoms with Gasteiger partial charge < -0.3 is 10.1 Å². The van der Waals surface area contributed by atoms with E-state index in [0.717, 1.165) is 5.56 Å². The Hall–Kier alpha value is -2.58. The first-order valence-electron chi connectivity index (χ1n) is 9.58. The standard InChI is InChI=1S/C23H22Cl2N2O4S/c1-15-4-6-19(25)13-21(15)26-23(28)16-5-11-22(31-3)17(12-16)14-27(2)32(29,30)20-9-7-18(24)8-10-20/h4-13H,14H2,1-3H3,(H,26,28). The highest BCUT2D eigenvalue weighted by molar-refractivity contribution is 7.89. The second-order valence-electron chi connectivity index (χ2n) is 7.15. The topological polar surface area (TPSA) is 75.7 Å². The van der Waals surface area contributed by atoms with Crippen molar-refractivity contribution in [1.82, 2.24) is 4.31 Å². The van der Waals surface area contributed by atoms with Gasteiger partial charge in [0.2, 0.25) is 10.0 Å². The first-order chi connectivity index (χ1) is 15.1. The molecule has 0 aromatic heterocycles. The number of halogens is 2. The lowest BCUT2D eigenvalue weighted by atomic mass is 10.1. The van der Waals surface area contributed by atoms with Crippen molar-refractivity contribution < 1.29 is 17.9 Å². The molecule has 0 saturated carbocycles. The summed E-state index contributed by atoms with van der Waals surface area (Å²) in [4.78, 5) is 12.9. The molecule has 0 unspecified atom stereocenters. The number of hydrogen-bond donors (Lipinski definition) is 1. The Morgan fingerprint density at radius 3 is 2.31 bits per heavy atom. The third kappa shape index (κ3) is 5.42. The van der Waals surface area contributed by atoms with Gasteiger partial charge in [0.1, 0.15) is 5.75 Å². The summed E-state index contributed by atoms with van der Waals surface area (Å²) in [6, 6.07) is 16.0. The number of rotatable bonds is 7. The summed E-state index contributed by atoms with van der Waals surface area (Å²) >= 11 is 11.9. The number of anilines is 1. The second kappa shape index (κ2) is 9.92. The molecule has 0 fully saturated rings. The second-order valence-corrected chi connectivity index (χ2v) is 10.1. The number of carbonyl (C=O) groups excluding carboxylic acids is 1. The van der Waals surface area contributed by atoms with Gasteiger partial charge in [-0.1, -0.05) is 29.3 Å². The number of methoxy groups -OCH3 is 1. The highest BCUT2D eigenvalue weighted by Gasteiger charge is 2.23. The number of amides is 1. The summed E-state index contributed by atoms with van der Waals surface area (Å²) < 4.78 is 32.4. The van der Waals surface area contributed by atoms with Crippen molar-refractivity contribution in [3.63, 3.8) is 0 Å². The summed E-state index contributed by atoms with van der Waals surface area (Å²) in [5.41, 5.74) is 2.37. The fourth-order valence-corrected chi connectivity index (χ4v) is 4.53. The Labute approximate surface area is 197 Å². The smallest absolute Gasteiger partial charge is 0.255 e. The normalized spacial score (nSPS) is 11.4. The van der Waals surface area contributed by atoms with Crippen molar-refractivity contribution in [3.05, 3.63) is 87.4 Å². The van der Waals surface area contributed by atoms with Crippen molar-refractivity contribution in [1.29, 1.82) is 0 Å². The zero-order chi connectivity index (χ0) is 23.5. The maximum atomic E-state index is 12.9. The van der Waals surface area contributed by atoms with E-state index in [9.17, 15) is 13.2 Å². The zero-order valence-corrected chi connectivity index (χ0v) is 20.1. The molecule has 6 nitrogen and oxygen atoms in total. The third-order valence-electron chi connectivity index (χ3n) is 4.91. The molecule has 3 aromatic rings. The number of nitrogens with zero attached hydrogens (tertiary/aromatic N) is 1. The third-order valence-corrected chi connectivity index (χ3v) is 7.21. The highest BCUT2D eigenvalue weighted by atomic mass is 35.5. The van der Waals surface area contributed by atoms with E-state index in [1.807, 2.05) is 13.0 Å². The van der Waals surface area contributed by atoms with Gasteiger partial charge in [0.25, 0.3) is 5.91 Å². The Morgan fingerprint density at radius 1 is 1.00 bits per heavy atom. The van der Waals surface area contributed by atoms with Gasteiger partial charge >= 0.3 is 0 Å². The van der Waals surface area contributed by atoms with Crippen LogP contribution in [0.3, 0.4) is 0 Å². The lowest BCUT2D eigenvalue weighted by molar-refractivity contribution is 0.102. The van der Waals surface area contributed by atoms with E-state index in [1.54, 1.807) is 30.3 Å². The van der Waals surface area contributed by atoms with E-state index in [4.69, 9.17) is 27.9 Å². The number of hydrogen-bond acceptors (Lipinski definition) is 4. The minimum atomic E-state index is -3.77. The number of ether oxygens (including phenoxy) is 1. The Balaban J connectivity index is 1.86. The summed E-state index contributed by atoms with van der Waals surface area (Å²) in [6.45, 7) is 1.87. The molecule has 0 aliphatic carbocycles. The number of nitrogens with one attached hydrogen (secondary N) is 1. The molecular formula is C23H22Cl2N2O4S. The monoisotopic (exact) mass is 492 g/mol. The van der Waals surface area contributed by atoms with Crippen LogP contribution in [0.15, 0.2) is 65.6 Å². The Kier molecular flexibility index (Phi) is 7.46. The minimum absolute atomic E-state index is 0.00540. The minimum Gasteiger partial charge on any atom is -0.496 e. The molecule has 0 aliphatic heterocycles. The molecule has 1 N–H and O–H groups in total. The number of benzene rings is 3. The first-order valence-corrected chi connectivity index (χ1v) is 11.8.